The van der Waals surface area contributed by atoms with Crippen molar-refractivity contribution in [2.75, 3.05) is 5.33 Å². The van der Waals surface area contributed by atoms with Crippen molar-refractivity contribution in [2.45, 2.75) is 29.4 Å². The van der Waals surface area contributed by atoms with E-state index in [1.54, 1.807) is 0 Å². The van der Waals surface area contributed by atoms with Gasteiger partial charge >= 0.3 is 0 Å². The van der Waals surface area contributed by atoms with Crippen LogP contribution in [0.2, 0.25) is 0 Å². The predicted molar refractivity (Wildman–Crippen MR) is 50.3 cm³/mol. The zero-order valence-corrected chi connectivity index (χ0v) is 9.27. The normalized spacial score (nSPS) is 64.9. The lowest BCUT2D eigenvalue weighted by Gasteiger charge is -2.27. The molecule has 1 nitrogen and oxygen atoms in total. The Morgan fingerprint density at radius 1 is 1.27 bits per heavy atom. The Kier molecular flexibility index (Phi) is 1.36. The van der Waals surface area contributed by atoms with Crippen molar-refractivity contribution in [2.24, 2.45) is 11.8 Å². The highest BCUT2D eigenvalue weighted by atomic mass is 79.9. The van der Waals surface area contributed by atoms with Crippen LogP contribution in [-0.4, -0.2) is 21.9 Å². The molecule has 3 fully saturated rings. The molecule has 2 aliphatic carbocycles. The van der Waals surface area contributed by atoms with Gasteiger partial charge in [0.15, 0.2) is 0 Å². The summed E-state index contributed by atoms with van der Waals surface area (Å²) < 4.78 is 5.98. The highest BCUT2D eigenvalue weighted by Crippen LogP contribution is 2.65. The predicted octanol–water partition coefficient (Wildman–Crippen LogP) is 2.32. The first-order valence-electron chi connectivity index (χ1n) is 4.18. The van der Waals surface area contributed by atoms with Crippen molar-refractivity contribution in [3.05, 3.63) is 0 Å². The number of halogens is 2. The third-order valence-corrected chi connectivity index (χ3v) is 6.72. The molecule has 0 N–H and O–H groups in total. The highest BCUT2D eigenvalue weighted by molar-refractivity contribution is 9.12. The molecular formula is C8H10Br2O. The number of hydrogen-bond acceptors (Lipinski definition) is 1. The van der Waals surface area contributed by atoms with E-state index < -0.39 is 0 Å². The summed E-state index contributed by atoms with van der Waals surface area (Å²) in [5.74, 6) is 1.58. The fourth-order valence-corrected chi connectivity index (χ4v) is 4.78. The van der Waals surface area contributed by atoms with E-state index in [9.17, 15) is 0 Å². The largest absolute Gasteiger partial charge is 0.369 e. The number of alkyl halides is 2. The molecule has 0 aromatic rings. The lowest BCUT2D eigenvalue weighted by atomic mass is 9.99. The molecule has 5 atom stereocenters. The summed E-state index contributed by atoms with van der Waals surface area (Å²) in [7, 11) is 0. The summed E-state index contributed by atoms with van der Waals surface area (Å²) in [6, 6.07) is 0. The van der Waals surface area contributed by atoms with Gasteiger partial charge in [-0.15, -0.1) is 0 Å². The smallest absolute Gasteiger partial charge is 0.0887 e. The second kappa shape index (κ2) is 2.05. The first-order chi connectivity index (χ1) is 5.27. The lowest BCUT2D eigenvalue weighted by Crippen LogP contribution is -2.33. The summed E-state index contributed by atoms with van der Waals surface area (Å²) in [6.45, 7) is 0. The summed E-state index contributed by atoms with van der Waals surface area (Å²) in [5.41, 5.74) is 0. The monoisotopic (exact) mass is 280 g/mol. The zero-order chi connectivity index (χ0) is 7.64. The van der Waals surface area contributed by atoms with Crippen molar-refractivity contribution >= 4 is 31.9 Å². The van der Waals surface area contributed by atoms with Crippen molar-refractivity contribution in [3.63, 3.8) is 0 Å². The number of hydrogen-bond donors (Lipinski definition) is 0. The van der Waals surface area contributed by atoms with Gasteiger partial charge < -0.3 is 4.74 Å². The Hall–Kier alpha value is 0.920. The molecule has 2 bridgehead atoms. The van der Waals surface area contributed by atoms with Crippen molar-refractivity contribution in [3.8, 4) is 0 Å². The molecular weight excluding hydrogens is 272 g/mol. The molecule has 0 radical (unpaired) electrons. The Bertz CT molecular complexity index is 190. The van der Waals surface area contributed by atoms with E-state index in [2.05, 4.69) is 31.9 Å². The molecule has 2 saturated carbocycles. The molecule has 0 aromatic carbocycles. The molecule has 0 amide bonds. The molecule has 3 rings (SSSR count). The Labute approximate surface area is 83.1 Å². The van der Waals surface area contributed by atoms with E-state index in [0.717, 1.165) is 17.2 Å². The van der Waals surface area contributed by atoms with Crippen LogP contribution in [0.1, 0.15) is 12.8 Å². The first kappa shape index (κ1) is 7.34. The third-order valence-electron chi connectivity index (χ3n) is 3.58. The van der Waals surface area contributed by atoms with E-state index in [1.807, 2.05) is 0 Å². The van der Waals surface area contributed by atoms with Crippen LogP contribution >= 0.6 is 31.9 Å². The molecule has 0 aromatic heterocycles. The second-order valence-electron chi connectivity index (χ2n) is 3.92. The van der Waals surface area contributed by atoms with Crippen molar-refractivity contribution < 1.29 is 4.74 Å². The average molecular weight is 282 g/mol. The van der Waals surface area contributed by atoms with Gasteiger partial charge in [-0.25, -0.2) is 0 Å². The molecule has 62 valence electrons. The summed E-state index contributed by atoms with van der Waals surface area (Å²) in [5, 5.41) is 1.09. The van der Waals surface area contributed by atoms with Crippen LogP contribution in [-0.2, 0) is 4.74 Å². The van der Waals surface area contributed by atoms with Gasteiger partial charge in [0, 0.05) is 21.5 Å². The minimum Gasteiger partial charge on any atom is -0.369 e. The van der Waals surface area contributed by atoms with Crippen molar-refractivity contribution in [1.82, 2.24) is 0 Å². The number of ether oxygens (including phenoxy) is 1. The summed E-state index contributed by atoms with van der Waals surface area (Å²) in [4.78, 5) is 0. The van der Waals surface area contributed by atoms with E-state index in [0.29, 0.717) is 16.5 Å². The fourth-order valence-electron chi connectivity index (χ4n) is 2.97. The Balaban J connectivity index is 1.99. The third kappa shape index (κ3) is 0.713. The SMILES string of the molecule is BrCC1(Br)[C@@H]2CC[C@H]1[C@H]1O[C@H]12. The van der Waals surface area contributed by atoms with E-state index in [1.165, 1.54) is 12.8 Å². The van der Waals surface area contributed by atoms with Crippen LogP contribution < -0.4 is 0 Å². The van der Waals surface area contributed by atoms with E-state index in [4.69, 9.17) is 4.74 Å². The van der Waals surface area contributed by atoms with Crippen LogP contribution in [0.25, 0.3) is 0 Å². The van der Waals surface area contributed by atoms with E-state index in [-0.39, 0.29) is 0 Å². The van der Waals surface area contributed by atoms with Gasteiger partial charge in [0.2, 0.25) is 0 Å². The topological polar surface area (TPSA) is 12.5 Å². The van der Waals surface area contributed by atoms with Gasteiger partial charge in [-0.2, -0.15) is 0 Å². The highest BCUT2D eigenvalue weighted by Gasteiger charge is 2.70. The zero-order valence-electron chi connectivity index (χ0n) is 6.09. The van der Waals surface area contributed by atoms with Gasteiger partial charge in [-0.3, -0.25) is 0 Å². The van der Waals surface area contributed by atoms with Gasteiger partial charge in [0.05, 0.1) is 12.2 Å². The maximum Gasteiger partial charge on any atom is 0.0887 e. The van der Waals surface area contributed by atoms with Gasteiger partial charge in [0.25, 0.3) is 0 Å². The molecule has 11 heavy (non-hydrogen) atoms. The minimum absolute atomic E-state index is 0.389. The Morgan fingerprint density at radius 2 is 1.82 bits per heavy atom. The van der Waals surface area contributed by atoms with Crippen LogP contribution in [0.4, 0.5) is 0 Å². The minimum atomic E-state index is 0.389. The lowest BCUT2D eigenvalue weighted by molar-refractivity contribution is 0.236. The maximum atomic E-state index is 5.59. The molecule has 0 spiro atoms. The van der Waals surface area contributed by atoms with Crippen molar-refractivity contribution in [1.29, 1.82) is 0 Å². The van der Waals surface area contributed by atoms with Crippen LogP contribution in [0, 0.1) is 11.8 Å². The van der Waals surface area contributed by atoms with Gasteiger partial charge in [-0.05, 0) is 12.8 Å². The average Bonchev–Trinajstić information content (AvgIpc) is 2.71. The fraction of sp³-hybridized carbons (Fsp3) is 1.00. The van der Waals surface area contributed by atoms with Crippen LogP contribution in [0.15, 0.2) is 0 Å². The quantitative estimate of drug-likeness (QED) is 0.531. The number of fused-ring (bicyclic) bond motifs is 5. The standard InChI is InChI=1S/C8H10Br2O/c9-3-8(10)4-1-2-5(8)7-6(4)11-7/h4-7H,1-3H2/t4-,5+,6+,7-,8?. The van der Waals surface area contributed by atoms with Gasteiger partial charge in [0.1, 0.15) is 0 Å². The number of epoxide rings is 1. The summed E-state index contributed by atoms with van der Waals surface area (Å²) in [6.07, 6.45) is 3.96. The molecule has 1 aliphatic heterocycles. The molecule has 1 heterocycles. The Morgan fingerprint density at radius 3 is 2.18 bits per heavy atom. The first-order valence-corrected chi connectivity index (χ1v) is 6.09. The van der Waals surface area contributed by atoms with Crippen LogP contribution in [0.5, 0.6) is 0 Å². The molecule has 3 aliphatic rings. The maximum absolute atomic E-state index is 5.59. The number of rotatable bonds is 1. The molecule has 3 heteroatoms. The van der Waals surface area contributed by atoms with Crippen LogP contribution in [0.3, 0.4) is 0 Å². The van der Waals surface area contributed by atoms with E-state index >= 15 is 0 Å². The molecule has 1 unspecified atom stereocenters. The van der Waals surface area contributed by atoms with Gasteiger partial charge in [-0.1, -0.05) is 31.9 Å². The second-order valence-corrected chi connectivity index (χ2v) is 5.95. The molecule has 1 saturated heterocycles. The summed E-state index contributed by atoms with van der Waals surface area (Å²) >= 11 is 7.48.